The average molecular weight is 334 g/mol. The highest BCUT2D eigenvalue weighted by Crippen LogP contribution is 2.32. The highest BCUT2D eigenvalue weighted by Gasteiger charge is 2.32. The van der Waals surface area contributed by atoms with Crippen molar-refractivity contribution in [3.63, 3.8) is 0 Å². The third kappa shape index (κ3) is 1.94. The number of halogens is 1. The van der Waals surface area contributed by atoms with Crippen molar-refractivity contribution in [2.75, 3.05) is 13.2 Å². The van der Waals surface area contributed by atoms with Crippen LogP contribution in [0.4, 0.5) is 0 Å². The van der Waals surface area contributed by atoms with Crippen molar-refractivity contribution in [3.8, 4) is 0 Å². The molecule has 0 saturated carbocycles. The molecule has 1 aliphatic heterocycles. The van der Waals surface area contributed by atoms with Crippen molar-refractivity contribution in [2.45, 2.75) is 6.42 Å². The van der Waals surface area contributed by atoms with E-state index < -0.39 is 0 Å². The molecule has 1 N–H and O–H groups in total. The summed E-state index contributed by atoms with van der Waals surface area (Å²) in [5.74, 6) is -0.586. The molecule has 2 aromatic carbocycles. The van der Waals surface area contributed by atoms with Crippen LogP contribution in [0.2, 0.25) is 0 Å². The van der Waals surface area contributed by atoms with Gasteiger partial charge >= 0.3 is 0 Å². The average Bonchev–Trinajstić information content (AvgIpc) is 2.44. The summed E-state index contributed by atoms with van der Waals surface area (Å²) in [6.07, 6.45) is 0.386. The zero-order valence-corrected chi connectivity index (χ0v) is 12.2. The first-order valence-electron chi connectivity index (χ1n) is 6.33. The predicted octanol–water partition coefficient (Wildman–Crippen LogP) is 2.58. The third-order valence-corrected chi connectivity index (χ3v) is 3.89. The molecule has 0 aliphatic carbocycles. The Morgan fingerprint density at radius 3 is 2.60 bits per heavy atom. The Hall–Kier alpha value is -1.72. The van der Waals surface area contributed by atoms with E-state index in [9.17, 15) is 9.59 Å². The van der Waals surface area contributed by atoms with Gasteiger partial charge in [0.25, 0.3) is 11.8 Å². The van der Waals surface area contributed by atoms with E-state index in [0.717, 1.165) is 9.86 Å². The van der Waals surface area contributed by atoms with Crippen molar-refractivity contribution in [1.29, 1.82) is 0 Å². The Labute approximate surface area is 124 Å². The molecule has 20 heavy (non-hydrogen) atoms. The van der Waals surface area contributed by atoms with Crippen molar-refractivity contribution < 1.29 is 14.7 Å². The molecule has 4 nitrogen and oxygen atoms in total. The first-order chi connectivity index (χ1) is 9.63. The van der Waals surface area contributed by atoms with E-state index in [4.69, 9.17) is 5.11 Å². The molecule has 5 heteroatoms. The lowest BCUT2D eigenvalue weighted by Crippen LogP contribution is -2.41. The first-order valence-corrected chi connectivity index (χ1v) is 7.12. The minimum absolute atomic E-state index is 0.0490. The third-order valence-electron chi connectivity index (χ3n) is 3.43. The quantitative estimate of drug-likeness (QED) is 0.878. The maximum atomic E-state index is 12.5. The fourth-order valence-corrected chi connectivity index (χ4v) is 3.03. The number of aliphatic hydroxyl groups excluding tert-OH is 1. The molecule has 1 aliphatic rings. The smallest absolute Gasteiger partial charge is 0.261 e. The molecule has 0 aromatic heterocycles. The molecule has 0 radical (unpaired) electrons. The standard InChI is InChI=1S/C15H12BrNO3/c16-10-7-9-3-1-4-11-13(9)12(8-10)15(20)17(14(11)19)5-2-6-18/h1,3-4,7-8,18H,2,5-6H2. The number of carbonyl (C=O) groups excluding carboxylic acids is 2. The summed E-state index contributed by atoms with van der Waals surface area (Å²) in [4.78, 5) is 26.1. The molecule has 2 amide bonds. The molecular weight excluding hydrogens is 322 g/mol. The van der Waals surface area contributed by atoms with Gasteiger partial charge in [0, 0.05) is 34.1 Å². The Balaban J connectivity index is 2.23. The van der Waals surface area contributed by atoms with Gasteiger partial charge in [-0.25, -0.2) is 0 Å². The van der Waals surface area contributed by atoms with Gasteiger partial charge in [-0.15, -0.1) is 0 Å². The van der Waals surface area contributed by atoms with Crippen molar-refractivity contribution in [2.24, 2.45) is 0 Å². The second-order valence-corrected chi connectivity index (χ2v) is 5.61. The molecule has 3 rings (SSSR count). The monoisotopic (exact) mass is 333 g/mol. The number of aliphatic hydroxyl groups is 1. The Bertz CT molecular complexity index is 726. The van der Waals surface area contributed by atoms with Crippen LogP contribution in [0.3, 0.4) is 0 Å². The van der Waals surface area contributed by atoms with Crippen molar-refractivity contribution in [3.05, 3.63) is 45.9 Å². The van der Waals surface area contributed by atoms with Crippen molar-refractivity contribution in [1.82, 2.24) is 4.90 Å². The summed E-state index contributed by atoms with van der Waals surface area (Å²) in [6.45, 7) is 0.184. The van der Waals surface area contributed by atoms with Gasteiger partial charge in [0.15, 0.2) is 0 Å². The van der Waals surface area contributed by atoms with Crippen LogP contribution in [0.1, 0.15) is 27.1 Å². The van der Waals surface area contributed by atoms with Crippen LogP contribution < -0.4 is 0 Å². The lowest BCUT2D eigenvalue weighted by atomic mass is 9.94. The molecule has 0 fully saturated rings. The number of benzene rings is 2. The van der Waals surface area contributed by atoms with E-state index >= 15 is 0 Å². The summed E-state index contributed by atoms with van der Waals surface area (Å²) in [5, 5.41) is 10.5. The second kappa shape index (κ2) is 5.00. The van der Waals surface area contributed by atoms with Gasteiger partial charge in [-0.3, -0.25) is 14.5 Å². The Kier molecular flexibility index (Phi) is 3.31. The number of hydrogen-bond acceptors (Lipinski definition) is 3. The van der Waals surface area contributed by atoms with E-state index in [1.165, 1.54) is 4.90 Å². The van der Waals surface area contributed by atoms with Crippen molar-refractivity contribution >= 4 is 38.5 Å². The molecule has 2 aromatic rings. The summed E-state index contributed by atoms with van der Waals surface area (Å²) >= 11 is 3.39. The first kappa shape index (κ1) is 13.3. The van der Waals surface area contributed by atoms with Crippen LogP contribution in [-0.2, 0) is 0 Å². The van der Waals surface area contributed by atoms with Gasteiger partial charge in [0.05, 0.1) is 0 Å². The lowest BCUT2D eigenvalue weighted by molar-refractivity contribution is 0.0601. The maximum absolute atomic E-state index is 12.5. The fourth-order valence-electron chi connectivity index (χ4n) is 2.55. The summed E-state index contributed by atoms with van der Waals surface area (Å²) in [7, 11) is 0. The number of hydrogen-bond donors (Lipinski definition) is 1. The summed E-state index contributed by atoms with van der Waals surface area (Å²) in [5.41, 5.74) is 1.07. The van der Waals surface area contributed by atoms with E-state index in [2.05, 4.69) is 15.9 Å². The Morgan fingerprint density at radius 2 is 1.85 bits per heavy atom. The van der Waals surface area contributed by atoms with Gasteiger partial charge < -0.3 is 5.11 Å². The van der Waals surface area contributed by atoms with E-state index in [0.29, 0.717) is 22.9 Å². The zero-order chi connectivity index (χ0) is 14.3. The topological polar surface area (TPSA) is 57.6 Å². The number of amides is 2. The van der Waals surface area contributed by atoms with Crippen LogP contribution in [0.5, 0.6) is 0 Å². The Morgan fingerprint density at radius 1 is 1.10 bits per heavy atom. The fraction of sp³-hybridized carbons (Fsp3) is 0.200. The molecule has 0 bridgehead atoms. The number of carbonyl (C=O) groups is 2. The van der Waals surface area contributed by atoms with Crippen LogP contribution in [0, 0.1) is 0 Å². The molecule has 0 saturated heterocycles. The molecule has 102 valence electrons. The lowest BCUT2D eigenvalue weighted by Gasteiger charge is -2.27. The minimum Gasteiger partial charge on any atom is -0.396 e. The molecular formula is C15H12BrNO3. The highest BCUT2D eigenvalue weighted by molar-refractivity contribution is 9.10. The highest BCUT2D eigenvalue weighted by atomic mass is 79.9. The predicted molar refractivity (Wildman–Crippen MR) is 78.7 cm³/mol. The number of imide groups is 1. The van der Waals surface area contributed by atoms with Gasteiger partial charge in [0.1, 0.15) is 0 Å². The maximum Gasteiger partial charge on any atom is 0.261 e. The summed E-state index contributed by atoms with van der Waals surface area (Å²) in [6, 6.07) is 9.07. The number of rotatable bonds is 3. The normalized spacial score (nSPS) is 14.2. The van der Waals surface area contributed by atoms with E-state index in [-0.39, 0.29) is 25.0 Å². The van der Waals surface area contributed by atoms with Crippen LogP contribution in [0.15, 0.2) is 34.8 Å². The van der Waals surface area contributed by atoms with Crippen LogP contribution in [-0.4, -0.2) is 35.0 Å². The molecule has 1 heterocycles. The minimum atomic E-state index is -0.298. The van der Waals surface area contributed by atoms with Gasteiger partial charge in [-0.2, -0.15) is 0 Å². The second-order valence-electron chi connectivity index (χ2n) is 4.70. The molecule has 0 spiro atoms. The SMILES string of the molecule is O=C1c2cccc3cc(Br)cc(c23)C(=O)N1CCCO. The number of nitrogens with zero attached hydrogens (tertiary/aromatic N) is 1. The van der Waals surface area contributed by atoms with Gasteiger partial charge in [-0.1, -0.05) is 28.1 Å². The van der Waals surface area contributed by atoms with E-state index in [1.54, 1.807) is 12.1 Å². The zero-order valence-electron chi connectivity index (χ0n) is 10.6. The molecule has 0 atom stereocenters. The van der Waals surface area contributed by atoms with Gasteiger partial charge in [-0.05, 0) is 30.0 Å². The van der Waals surface area contributed by atoms with Gasteiger partial charge in [0.2, 0.25) is 0 Å². The van der Waals surface area contributed by atoms with Crippen LogP contribution >= 0.6 is 15.9 Å². The van der Waals surface area contributed by atoms with E-state index in [1.807, 2.05) is 18.2 Å². The van der Waals surface area contributed by atoms with Crippen LogP contribution in [0.25, 0.3) is 10.8 Å². The molecule has 0 unspecified atom stereocenters. The summed E-state index contributed by atoms with van der Waals surface area (Å²) < 4.78 is 0.807. The largest absolute Gasteiger partial charge is 0.396 e.